The van der Waals surface area contributed by atoms with Crippen molar-refractivity contribution in [2.45, 2.75) is 45.2 Å². The molecule has 0 amide bonds. The lowest BCUT2D eigenvalue weighted by atomic mass is 10.0. The fourth-order valence-corrected chi connectivity index (χ4v) is 2.78. The second-order valence-electron chi connectivity index (χ2n) is 5.37. The predicted molar refractivity (Wildman–Crippen MR) is 77.7 cm³/mol. The van der Waals surface area contributed by atoms with Crippen LogP contribution < -0.4 is 5.32 Å². The van der Waals surface area contributed by atoms with Gasteiger partial charge in [-0.05, 0) is 37.9 Å². The Hall–Kier alpha value is -0.860. The summed E-state index contributed by atoms with van der Waals surface area (Å²) in [5, 5.41) is 3.65. The zero-order valence-electron chi connectivity index (χ0n) is 11.6. The maximum absolute atomic E-state index is 3.65. The van der Waals surface area contributed by atoms with Gasteiger partial charge in [-0.3, -0.25) is 4.90 Å². The smallest absolute Gasteiger partial charge is 0.0234 e. The Balaban J connectivity index is 1.86. The number of rotatable bonds is 6. The van der Waals surface area contributed by atoms with Gasteiger partial charge in [0.25, 0.3) is 0 Å². The third-order valence-corrected chi connectivity index (χ3v) is 3.68. The molecule has 0 aliphatic carbocycles. The first kappa shape index (κ1) is 13.6. The van der Waals surface area contributed by atoms with Crippen LogP contribution in [-0.2, 0) is 6.54 Å². The SMILES string of the molecule is CCCN(Cc1ccccc1)CC1CCCCN1. The van der Waals surface area contributed by atoms with Gasteiger partial charge in [-0.1, -0.05) is 43.7 Å². The summed E-state index contributed by atoms with van der Waals surface area (Å²) < 4.78 is 0. The van der Waals surface area contributed by atoms with E-state index in [1.54, 1.807) is 0 Å². The highest BCUT2D eigenvalue weighted by Gasteiger charge is 2.16. The molecular formula is C16H26N2. The van der Waals surface area contributed by atoms with Crippen molar-refractivity contribution in [1.82, 2.24) is 10.2 Å². The van der Waals surface area contributed by atoms with E-state index >= 15 is 0 Å². The highest BCUT2D eigenvalue weighted by atomic mass is 15.1. The van der Waals surface area contributed by atoms with Crippen LogP contribution in [-0.4, -0.2) is 30.6 Å². The Kier molecular flexibility index (Phi) is 5.69. The van der Waals surface area contributed by atoms with E-state index in [0.29, 0.717) is 6.04 Å². The third kappa shape index (κ3) is 4.43. The van der Waals surface area contributed by atoms with Crippen LogP contribution in [0.3, 0.4) is 0 Å². The molecule has 2 heteroatoms. The van der Waals surface area contributed by atoms with E-state index in [1.807, 2.05) is 0 Å². The molecule has 1 aromatic carbocycles. The summed E-state index contributed by atoms with van der Waals surface area (Å²) in [5.74, 6) is 0. The summed E-state index contributed by atoms with van der Waals surface area (Å²) in [5.41, 5.74) is 1.43. The zero-order valence-corrected chi connectivity index (χ0v) is 11.6. The average Bonchev–Trinajstić information content (AvgIpc) is 2.41. The molecule has 0 radical (unpaired) electrons. The minimum absolute atomic E-state index is 0.703. The molecule has 100 valence electrons. The van der Waals surface area contributed by atoms with Gasteiger partial charge in [0.05, 0.1) is 0 Å². The van der Waals surface area contributed by atoms with Gasteiger partial charge < -0.3 is 5.32 Å². The van der Waals surface area contributed by atoms with Crippen LogP contribution in [0.4, 0.5) is 0 Å². The lowest BCUT2D eigenvalue weighted by Crippen LogP contribution is -2.43. The number of hydrogen-bond acceptors (Lipinski definition) is 2. The van der Waals surface area contributed by atoms with Crippen molar-refractivity contribution >= 4 is 0 Å². The first-order valence-corrected chi connectivity index (χ1v) is 7.38. The molecule has 1 N–H and O–H groups in total. The molecule has 18 heavy (non-hydrogen) atoms. The fraction of sp³-hybridized carbons (Fsp3) is 0.625. The van der Waals surface area contributed by atoms with E-state index in [2.05, 4.69) is 47.5 Å². The number of nitrogens with one attached hydrogen (secondary N) is 1. The molecule has 1 atom stereocenters. The summed E-state index contributed by atoms with van der Waals surface area (Å²) in [6.07, 6.45) is 5.32. The van der Waals surface area contributed by atoms with Gasteiger partial charge in [0.15, 0.2) is 0 Å². The molecule has 1 saturated heterocycles. The second-order valence-corrected chi connectivity index (χ2v) is 5.37. The highest BCUT2D eigenvalue weighted by Crippen LogP contribution is 2.11. The first-order chi connectivity index (χ1) is 8.88. The average molecular weight is 246 g/mol. The molecule has 1 aliphatic heterocycles. The highest BCUT2D eigenvalue weighted by molar-refractivity contribution is 5.14. The quantitative estimate of drug-likeness (QED) is 0.830. The Labute approximate surface area is 111 Å². The van der Waals surface area contributed by atoms with Gasteiger partial charge in [-0.2, -0.15) is 0 Å². The Morgan fingerprint density at radius 1 is 1.22 bits per heavy atom. The second kappa shape index (κ2) is 7.55. The van der Waals surface area contributed by atoms with Crippen molar-refractivity contribution in [2.75, 3.05) is 19.6 Å². The largest absolute Gasteiger partial charge is 0.313 e. The van der Waals surface area contributed by atoms with E-state index in [9.17, 15) is 0 Å². The fourth-order valence-electron chi connectivity index (χ4n) is 2.78. The van der Waals surface area contributed by atoms with Gasteiger partial charge in [0, 0.05) is 19.1 Å². The molecule has 1 aromatic rings. The Bertz CT molecular complexity index is 317. The van der Waals surface area contributed by atoms with Crippen molar-refractivity contribution in [1.29, 1.82) is 0 Å². The standard InChI is InChI=1S/C16H26N2/c1-2-12-18(13-15-8-4-3-5-9-15)14-16-10-6-7-11-17-16/h3-5,8-9,16-17H,2,6-7,10-14H2,1H3. The van der Waals surface area contributed by atoms with Gasteiger partial charge in [0.2, 0.25) is 0 Å². The zero-order chi connectivity index (χ0) is 12.6. The Morgan fingerprint density at radius 3 is 2.72 bits per heavy atom. The molecular weight excluding hydrogens is 220 g/mol. The molecule has 0 saturated carbocycles. The van der Waals surface area contributed by atoms with Crippen molar-refractivity contribution in [3.63, 3.8) is 0 Å². The molecule has 0 bridgehead atoms. The summed E-state index contributed by atoms with van der Waals surface area (Å²) in [7, 11) is 0. The number of piperidine rings is 1. The van der Waals surface area contributed by atoms with Gasteiger partial charge >= 0.3 is 0 Å². The number of hydrogen-bond donors (Lipinski definition) is 1. The third-order valence-electron chi connectivity index (χ3n) is 3.68. The molecule has 0 spiro atoms. The maximum Gasteiger partial charge on any atom is 0.0234 e. The van der Waals surface area contributed by atoms with Crippen LogP contribution in [0.2, 0.25) is 0 Å². The number of benzene rings is 1. The minimum atomic E-state index is 0.703. The summed E-state index contributed by atoms with van der Waals surface area (Å²) in [6, 6.07) is 11.5. The topological polar surface area (TPSA) is 15.3 Å². The van der Waals surface area contributed by atoms with E-state index in [4.69, 9.17) is 0 Å². The molecule has 0 aromatic heterocycles. The summed E-state index contributed by atoms with van der Waals surface area (Å²) >= 11 is 0. The molecule has 2 nitrogen and oxygen atoms in total. The van der Waals surface area contributed by atoms with Crippen molar-refractivity contribution < 1.29 is 0 Å². The lowest BCUT2D eigenvalue weighted by Gasteiger charge is -2.30. The van der Waals surface area contributed by atoms with Gasteiger partial charge in [0.1, 0.15) is 0 Å². The number of nitrogens with zero attached hydrogens (tertiary/aromatic N) is 1. The van der Waals surface area contributed by atoms with Crippen LogP contribution >= 0.6 is 0 Å². The maximum atomic E-state index is 3.65. The molecule has 1 unspecified atom stereocenters. The van der Waals surface area contributed by atoms with E-state index in [0.717, 1.165) is 6.54 Å². The van der Waals surface area contributed by atoms with E-state index < -0.39 is 0 Å². The van der Waals surface area contributed by atoms with E-state index in [1.165, 1.54) is 50.9 Å². The normalized spacial score (nSPS) is 20.2. The van der Waals surface area contributed by atoms with Crippen LogP contribution in [0.25, 0.3) is 0 Å². The van der Waals surface area contributed by atoms with Crippen molar-refractivity contribution in [3.05, 3.63) is 35.9 Å². The van der Waals surface area contributed by atoms with Crippen LogP contribution in [0, 0.1) is 0 Å². The predicted octanol–water partition coefficient (Wildman–Crippen LogP) is 3.04. The molecule has 1 aliphatic rings. The van der Waals surface area contributed by atoms with Crippen LogP contribution in [0.15, 0.2) is 30.3 Å². The summed E-state index contributed by atoms with van der Waals surface area (Å²) in [4.78, 5) is 2.60. The lowest BCUT2D eigenvalue weighted by molar-refractivity contribution is 0.217. The monoisotopic (exact) mass is 246 g/mol. The van der Waals surface area contributed by atoms with Crippen LogP contribution in [0.1, 0.15) is 38.2 Å². The van der Waals surface area contributed by atoms with Crippen molar-refractivity contribution in [2.24, 2.45) is 0 Å². The molecule has 2 rings (SSSR count). The minimum Gasteiger partial charge on any atom is -0.313 e. The van der Waals surface area contributed by atoms with E-state index in [-0.39, 0.29) is 0 Å². The van der Waals surface area contributed by atoms with Gasteiger partial charge in [-0.25, -0.2) is 0 Å². The Morgan fingerprint density at radius 2 is 2.06 bits per heavy atom. The molecule has 1 fully saturated rings. The van der Waals surface area contributed by atoms with Gasteiger partial charge in [-0.15, -0.1) is 0 Å². The first-order valence-electron chi connectivity index (χ1n) is 7.38. The summed E-state index contributed by atoms with van der Waals surface area (Å²) in [6.45, 7) is 6.96. The van der Waals surface area contributed by atoms with Crippen LogP contribution in [0.5, 0.6) is 0 Å². The van der Waals surface area contributed by atoms with Crippen molar-refractivity contribution in [3.8, 4) is 0 Å². The molecule has 1 heterocycles.